The number of aryl methyl sites for hydroxylation is 1. The van der Waals surface area contributed by atoms with Gasteiger partial charge in [0.15, 0.2) is 0 Å². The van der Waals surface area contributed by atoms with Crippen LogP contribution in [0.4, 0.5) is 4.79 Å². The van der Waals surface area contributed by atoms with E-state index in [0.717, 1.165) is 22.9 Å². The number of halogens is 1. The molecule has 3 rings (SSSR count). The quantitative estimate of drug-likeness (QED) is 0.779. The van der Waals surface area contributed by atoms with Crippen LogP contribution in [0.15, 0.2) is 27.6 Å². The number of piperazine rings is 1. The minimum Gasteiger partial charge on any atom is -0.335 e. The molecule has 0 spiro atoms. The summed E-state index contributed by atoms with van der Waals surface area (Å²) < 4.78 is 28.0. The van der Waals surface area contributed by atoms with Gasteiger partial charge in [-0.05, 0) is 43.5 Å². The molecule has 1 saturated heterocycles. The van der Waals surface area contributed by atoms with Gasteiger partial charge < -0.3 is 10.2 Å². The fourth-order valence-electron chi connectivity index (χ4n) is 3.57. The van der Waals surface area contributed by atoms with E-state index in [1.165, 1.54) is 23.6 Å². The highest BCUT2D eigenvalue weighted by Gasteiger charge is 2.31. The van der Waals surface area contributed by atoms with Gasteiger partial charge in [-0.3, -0.25) is 0 Å². The van der Waals surface area contributed by atoms with Crippen molar-refractivity contribution in [1.82, 2.24) is 14.5 Å². The van der Waals surface area contributed by atoms with Crippen molar-refractivity contribution in [2.24, 2.45) is 0 Å². The summed E-state index contributed by atoms with van der Waals surface area (Å²) in [6.07, 6.45) is 5.68. The van der Waals surface area contributed by atoms with Crippen LogP contribution < -0.4 is 5.32 Å². The molecule has 1 saturated carbocycles. The molecule has 0 radical (unpaired) electrons. The fraction of sp³-hybridized carbons (Fsp3) is 0.611. The zero-order valence-electron chi connectivity index (χ0n) is 15.1. The zero-order chi connectivity index (χ0) is 18.7. The Bertz CT molecular complexity index is 755. The molecule has 1 aliphatic carbocycles. The summed E-state index contributed by atoms with van der Waals surface area (Å²) in [7, 11) is -3.52. The van der Waals surface area contributed by atoms with Crippen LogP contribution in [0, 0.1) is 6.92 Å². The summed E-state index contributed by atoms with van der Waals surface area (Å²) in [6, 6.07) is 5.27. The first-order chi connectivity index (χ1) is 12.4. The molecule has 1 aromatic carbocycles. The summed E-state index contributed by atoms with van der Waals surface area (Å²) in [4.78, 5) is 14.5. The summed E-state index contributed by atoms with van der Waals surface area (Å²) in [5.74, 6) is 0. The van der Waals surface area contributed by atoms with Gasteiger partial charge in [-0.25, -0.2) is 13.2 Å². The molecule has 2 amide bonds. The number of sulfonamides is 1. The molecule has 0 bridgehead atoms. The van der Waals surface area contributed by atoms with Crippen molar-refractivity contribution in [3.05, 3.63) is 28.2 Å². The van der Waals surface area contributed by atoms with Crippen LogP contribution >= 0.6 is 15.9 Å². The van der Waals surface area contributed by atoms with Gasteiger partial charge in [-0.2, -0.15) is 4.31 Å². The third kappa shape index (κ3) is 4.40. The van der Waals surface area contributed by atoms with E-state index in [1.807, 2.05) is 6.92 Å². The van der Waals surface area contributed by atoms with Crippen LogP contribution in [0.2, 0.25) is 0 Å². The maximum atomic E-state index is 12.8. The lowest BCUT2D eigenvalue weighted by atomic mass is 9.96. The van der Waals surface area contributed by atoms with Gasteiger partial charge in [0.1, 0.15) is 0 Å². The van der Waals surface area contributed by atoms with Crippen molar-refractivity contribution in [2.75, 3.05) is 26.2 Å². The maximum absolute atomic E-state index is 12.8. The Morgan fingerprint density at radius 1 is 1.12 bits per heavy atom. The van der Waals surface area contributed by atoms with Gasteiger partial charge >= 0.3 is 6.03 Å². The monoisotopic (exact) mass is 443 g/mol. The molecule has 0 unspecified atom stereocenters. The number of carbonyl (C=O) groups is 1. The minimum atomic E-state index is -3.52. The van der Waals surface area contributed by atoms with Gasteiger partial charge in [0.05, 0.1) is 4.90 Å². The number of carbonyl (C=O) groups excluding carboxylic acids is 1. The Labute approximate surface area is 164 Å². The van der Waals surface area contributed by atoms with Crippen molar-refractivity contribution in [3.8, 4) is 0 Å². The van der Waals surface area contributed by atoms with Crippen molar-refractivity contribution in [3.63, 3.8) is 0 Å². The topological polar surface area (TPSA) is 69.7 Å². The van der Waals surface area contributed by atoms with Crippen molar-refractivity contribution >= 4 is 32.0 Å². The Hall–Kier alpha value is -1.12. The van der Waals surface area contributed by atoms with E-state index in [4.69, 9.17) is 0 Å². The number of hydrogen-bond acceptors (Lipinski definition) is 3. The van der Waals surface area contributed by atoms with E-state index in [-0.39, 0.29) is 12.1 Å². The predicted octanol–water partition coefficient (Wildman–Crippen LogP) is 3.11. The molecule has 6 nitrogen and oxygen atoms in total. The van der Waals surface area contributed by atoms with Gasteiger partial charge in [0, 0.05) is 36.7 Å². The molecule has 8 heteroatoms. The summed E-state index contributed by atoms with van der Waals surface area (Å²) in [5.41, 5.74) is 0.886. The van der Waals surface area contributed by atoms with E-state index in [1.54, 1.807) is 23.1 Å². The van der Waals surface area contributed by atoms with Gasteiger partial charge in [0.2, 0.25) is 10.0 Å². The maximum Gasteiger partial charge on any atom is 0.317 e. The first kappa shape index (κ1) is 19.6. The second-order valence-corrected chi connectivity index (χ2v) is 9.88. The van der Waals surface area contributed by atoms with E-state index < -0.39 is 10.0 Å². The highest BCUT2D eigenvalue weighted by atomic mass is 79.9. The number of urea groups is 1. The van der Waals surface area contributed by atoms with Crippen LogP contribution in [-0.4, -0.2) is 55.9 Å². The summed E-state index contributed by atoms with van der Waals surface area (Å²) in [5, 5.41) is 3.10. The SMILES string of the molecule is Cc1cc(S(=O)(=O)N2CCN(C(=O)NC3CCCCC3)CC2)ccc1Br. The number of amides is 2. The van der Waals surface area contributed by atoms with Gasteiger partial charge in [0.25, 0.3) is 0 Å². The predicted molar refractivity (Wildman–Crippen MR) is 105 cm³/mol. The number of benzene rings is 1. The molecule has 1 heterocycles. The molecule has 26 heavy (non-hydrogen) atoms. The number of rotatable bonds is 3. The van der Waals surface area contributed by atoms with Crippen LogP contribution in [0.3, 0.4) is 0 Å². The Morgan fingerprint density at radius 2 is 1.77 bits per heavy atom. The lowest BCUT2D eigenvalue weighted by Gasteiger charge is -2.35. The van der Waals surface area contributed by atoms with Crippen LogP contribution in [0.25, 0.3) is 0 Å². The highest BCUT2D eigenvalue weighted by molar-refractivity contribution is 9.10. The molecule has 0 atom stereocenters. The second kappa shape index (κ2) is 8.27. The number of nitrogens with one attached hydrogen (secondary N) is 1. The highest BCUT2D eigenvalue weighted by Crippen LogP contribution is 2.23. The van der Waals surface area contributed by atoms with Gasteiger partial charge in [-0.15, -0.1) is 0 Å². The van der Waals surface area contributed by atoms with Crippen LogP contribution in [0.1, 0.15) is 37.7 Å². The minimum absolute atomic E-state index is 0.0616. The molecule has 2 fully saturated rings. The molecule has 144 valence electrons. The van der Waals surface area contributed by atoms with E-state index in [0.29, 0.717) is 31.1 Å². The Morgan fingerprint density at radius 3 is 2.38 bits per heavy atom. The average molecular weight is 444 g/mol. The molecular formula is C18H26BrN3O3S. The van der Waals surface area contributed by atoms with Crippen molar-refractivity contribution in [2.45, 2.75) is 50.0 Å². The Balaban J connectivity index is 1.58. The molecule has 1 aromatic rings. The van der Waals surface area contributed by atoms with Crippen molar-refractivity contribution in [1.29, 1.82) is 0 Å². The first-order valence-corrected chi connectivity index (χ1v) is 11.4. The molecule has 2 aliphatic rings. The normalized spacial score (nSPS) is 20.2. The van der Waals surface area contributed by atoms with Gasteiger partial charge in [-0.1, -0.05) is 35.2 Å². The molecule has 1 N–H and O–H groups in total. The third-order valence-corrected chi connectivity index (χ3v) is 8.01. The number of hydrogen-bond donors (Lipinski definition) is 1. The van der Waals surface area contributed by atoms with Crippen LogP contribution in [0.5, 0.6) is 0 Å². The summed E-state index contributed by atoms with van der Waals surface area (Å²) in [6.45, 7) is 3.38. The molecule has 0 aromatic heterocycles. The molecule has 1 aliphatic heterocycles. The number of nitrogens with zero attached hydrogens (tertiary/aromatic N) is 2. The average Bonchev–Trinajstić information content (AvgIpc) is 2.65. The standard InChI is InChI=1S/C18H26BrN3O3S/c1-14-13-16(7-8-17(14)19)26(24,25)22-11-9-21(10-12-22)18(23)20-15-5-3-2-4-6-15/h7-8,13,15H,2-6,9-12H2,1H3,(H,20,23). The van der Waals surface area contributed by atoms with Crippen LogP contribution in [-0.2, 0) is 10.0 Å². The largest absolute Gasteiger partial charge is 0.335 e. The van der Waals surface area contributed by atoms with E-state index in [2.05, 4.69) is 21.2 Å². The zero-order valence-corrected chi connectivity index (χ0v) is 17.5. The molecular weight excluding hydrogens is 418 g/mol. The van der Waals surface area contributed by atoms with E-state index in [9.17, 15) is 13.2 Å². The smallest absolute Gasteiger partial charge is 0.317 e. The first-order valence-electron chi connectivity index (χ1n) is 9.19. The van der Waals surface area contributed by atoms with Crippen molar-refractivity contribution < 1.29 is 13.2 Å². The third-order valence-electron chi connectivity index (χ3n) is 5.23. The summed E-state index contributed by atoms with van der Waals surface area (Å²) >= 11 is 3.40. The lowest BCUT2D eigenvalue weighted by molar-refractivity contribution is 0.166. The fourth-order valence-corrected chi connectivity index (χ4v) is 5.33. The Kier molecular flexibility index (Phi) is 6.25. The lowest BCUT2D eigenvalue weighted by Crippen LogP contribution is -2.54. The van der Waals surface area contributed by atoms with E-state index >= 15 is 0 Å². The second-order valence-electron chi connectivity index (χ2n) is 7.09.